The number of unbranched alkanes of at least 4 members (excludes halogenated alkanes) is 1. The summed E-state index contributed by atoms with van der Waals surface area (Å²) in [5, 5.41) is 45.7. The molecule has 1 aromatic carbocycles. The Balaban J connectivity index is 1.47. The molecule has 37 heavy (non-hydrogen) atoms. The number of hydrogen-bond donors (Lipinski definition) is 5. The van der Waals surface area contributed by atoms with Crippen LogP contribution in [0.25, 0.3) is 0 Å². The number of halogens is 1. The first-order valence-electron chi connectivity index (χ1n) is 13.1. The van der Waals surface area contributed by atoms with Gasteiger partial charge >= 0.3 is 0 Å². The second-order valence-corrected chi connectivity index (χ2v) is 11.8. The van der Waals surface area contributed by atoms with Crippen LogP contribution < -0.4 is 10.6 Å². The number of ether oxygens (including phenoxy) is 1. The van der Waals surface area contributed by atoms with Gasteiger partial charge < -0.3 is 30.7 Å². The number of nitriles is 1. The van der Waals surface area contributed by atoms with Crippen molar-refractivity contribution in [2.75, 3.05) is 12.8 Å². The molecule has 9 atom stereocenters. The van der Waals surface area contributed by atoms with Gasteiger partial charge in [0.25, 0.3) is 0 Å². The zero-order valence-corrected chi connectivity index (χ0v) is 23.1. The van der Waals surface area contributed by atoms with Gasteiger partial charge in [-0.15, -0.1) is 23.4 Å². The fourth-order valence-electron chi connectivity index (χ4n) is 5.22. The molecule has 1 aromatic rings. The minimum absolute atomic E-state index is 0.198. The van der Waals surface area contributed by atoms with Crippen molar-refractivity contribution in [2.45, 2.75) is 99.2 Å². The van der Waals surface area contributed by atoms with Gasteiger partial charge in [0.1, 0.15) is 29.9 Å². The number of amides is 1. The summed E-state index contributed by atoms with van der Waals surface area (Å²) in [6, 6.07) is 8.81. The number of hydrogen-bond acceptors (Lipinski definition) is 8. The molecule has 1 amide bonds. The van der Waals surface area contributed by atoms with Crippen molar-refractivity contribution >= 4 is 29.3 Å². The zero-order chi connectivity index (χ0) is 26.9. The van der Waals surface area contributed by atoms with Crippen LogP contribution in [0.2, 0.25) is 0 Å². The van der Waals surface area contributed by atoms with Crippen molar-refractivity contribution in [3.8, 4) is 6.07 Å². The third-order valence-corrected chi connectivity index (χ3v) is 8.66. The first-order chi connectivity index (χ1) is 17.7. The molecule has 5 unspecified atom stereocenters. The first-order valence-corrected chi connectivity index (χ1v) is 14.9. The van der Waals surface area contributed by atoms with Crippen LogP contribution in [-0.2, 0) is 16.0 Å². The van der Waals surface area contributed by atoms with Gasteiger partial charge in [-0.3, -0.25) is 4.79 Å². The average molecular weight is 554 g/mol. The maximum Gasteiger partial charge on any atom is 0.237 e. The molecular formula is C27H40ClN3O5S. The topological polar surface area (TPSA) is 135 Å². The number of alkyl halides is 1. The van der Waals surface area contributed by atoms with Gasteiger partial charge in [0, 0.05) is 0 Å². The summed E-state index contributed by atoms with van der Waals surface area (Å²) < 4.78 is 5.85. The van der Waals surface area contributed by atoms with Crippen molar-refractivity contribution < 1.29 is 24.9 Å². The third kappa shape index (κ3) is 8.30. The Labute approximate surface area is 229 Å². The number of carbonyl (C=O) groups excluding carboxylic acids is 1. The molecule has 2 saturated heterocycles. The van der Waals surface area contributed by atoms with Crippen LogP contribution in [0.5, 0.6) is 0 Å². The van der Waals surface area contributed by atoms with E-state index in [9.17, 15) is 20.1 Å². The Bertz CT molecular complexity index is 897. The number of nitrogens with zero attached hydrogens (tertiary/aromatic N) is 1. The van der Waals surface area contributed by atoms with Gasteiger partial charge in [0.05, 0.1) is 29.1 Å². The maximum atomic E-state index is 13.2. The number of thioether (sulfide) groups is 1. The van der Waals surface area contributed by atoms with Crippen LogP contribution in [0, 0.1) is 17.2 Å². The molecular weight excluding hydrogens is 514 g/mol. The Morgan fingerprint density at radius 1 is 1.19 bits per heavy atom. The summed E-state index contributed by atoms with van der Waals surface area (Å²) in [6.07, 6.45) is 3.81. The van der Waals surface area contributed by atoms with Crippen molar-refractivity contribution in [1.82, 2.24) is 10.6 Å². The van der Waals surface area contributed by atoms with Crippen molar-refractivity contribution in [3.05, 3.63) is 35.4 Å². The first kappa shape index (κ1) is 30.2. The van der Waals surface area contributed by atoms with Crippen LogP contribution in [0.4, 0.5) is 0 Å². The fraction of sp³-hybridized carbons (Fsp3) is 0.704. The quantitative estimate of drug-likeness (QED) is 0.220. The Morgan fingerprint density at radius 2 is 1.92 bits per heavy atom. The van der Waals surface area contributed by atoms with Crippen LogP contribution in [0.3, 0.4) is 0 Å². The zero-order valence-electron chi connectivity index (χ0n) is 21.6. The second kappa shape index (κ2) is 14.7. The summed E-state index contributed by atoms with van der Waals surface area (Å²) in [7, 11) is 0. The van der Waals surface area contributed by atoms with Crippen molar-refractivity contribution in [2.24, 2.45) is 5.92 Å². The van der Waals surface area contributed by atoms with E-state index in [0.717, 1.165) is 45.1 Å². The molecule has 0 spiro atoms. The average Bonchev–Trinajstić information content (AvgIpc) is 3.15. The van der Waals surface area contributed by atoms with Crippen LogP contribution in [-0.4, -0.2) is 81.3 Å². The molecule has 2 heterocycles. The number of aryl methyl sites for hydroxylation is 1. The van der Waals surface area contributed by atoms with E-state index < -0.39 is 41.3 Å². The van der Waals surface area contributed by atoms with E-state index in [2.05, 4.69) is 16.7 Å². The summed E-state index contributed by atoms with van der Waals surface area (Å²) in [5.41, 5.74) is 1.20. The van der Waals surface area contributed by atoms with E-state index in [4.69, 9.17) is 21.6 Å². The van der Waals surface area contributed by atoms with Crippen LogP contribution >= 0.6 is 23.4 Å². The lowest BCUT2D eigenvalue weighted by atomic mass is 9.91. The molecule has 0 radical (unpaired) electrons. The summed E-state index contributed by atoms with van der Waals surface area (Å²) in [6.45, 7) is 2.46. The molecule has 3 rings (SSSR count). The highest BCUT2D eigenvalue weighted by Gasteiger charge is 2.48. The lowest BCUT2D eigenvalue weighted by Crippen LogP contribution is -2.65. The Morgan fingerprint density at radius 3 is 2.57 bits per heavy atom. The molecule has 2 fully saturated rings. The molecule has 2 aliphatic rings. The highest BCUT2D eigenvalue weighted by atomic mass is 35.5. The van der Waals surface area contributed by atoms with Gasteiger partial charge in [-0.1, -0.05) is 25.0 Å². The van der Waals surface area contributed by atoms with Crippen LogP contribution in [0.1, 0.15) is 56.6 Å². The summed E-state index contributed by atoms with van der Waals surface area (Å²) >= 11 is 7.62. The molecule has 0 saturated carbocycles. The lowest BCUT2D eigenvalue weighted by Gasteiger charge is -2.44. The molecule has 0 bridgehead atoms. The second-order valence-electron chi connectivity index (χ2n) is 10.2. The summed E-state index contributed by atoms with van der Waals surface area (Å²) in [5.74, 6) is 0.354. The predicted octanol–water partition coefficient (Wildman–Crippen LogP) is 2.31. The van der Waals surface area contributed by atoms with E-state index in [0.29, 0.717) is 17.9 Å². The number of carbonyl (C=O) groups is 1. The highest BCUT2D eigenvalue weighted by Crippen LogP contribution is 2.30. The van der Waals surface area contributed by atoms with Crippen molar-refractivity contribution in [1.29, 1.82) is 5.26 Å². The van der Waals surface area contributed by atoms with Gasteiger partial charge in [-0.2, -0.15) is 5.26 Å². The summed E-state index contributed by atoms with van der Waals surface area (Å²) in [4.78, 5) is 13.2. The van der Waals surface area contributed by atoms with E-state index in [1.165, 1.54) is 17.3 Å². The number of aliphatic hydroxyl groups is 3. The molecule has 10 heteroatoms. The normalized spacial score (nSPS) is 32.1. The Hall–Kier alpha value is -1.38. The largest absolute Gasteiger partial charge is 0.388 e. The molecule has 0 aliphatic carbocycles. The monoisotopic (exact) mass is 553 g/mol. The third-order valence-electron chi connectivity index (χ3n) is 7.53. The van der Waals surface area contributed by atoms with E-state index >= 15 is 0 Å². The van der Waals surface area contributed by atoms with Gasteiger partial charge in [-0.25, -0.2) is 0 Å². The van der Waals surface area contributed by atoms with Gasteiger partial charge in [-0.05, 0) is 75.4 Å². The SMILES string of the molecule is CSC1O[C@H](C(NC(=O)[C@@H]2CC[C@H](CCCCc3ccc(C#N)cc3)CCN2)[C@H](C)Cl)C(O)C(O)C1O. The minimum atomic E-state index is -1.39. The molecule has 0 aromatic heterocycles. The van der Waals surface area contributed by atoms with Crippen LogP contribution in [0.15, 0.2) is 24.3 Å². The Kier molecular flexibility index (Phi) is 12.0. The fourth-order valence-corrected chi connectivity index (χ4v) is 6.11. The number of nitrogens with one attached hydrogen (secondary N) is 2. The number of aliphatic hydroxyl groups excluding tert-OH is 3. The molecule has 2 aliphatic heterocycles. The smallest absolute Gasteiger partial charge is 0.237 e. The molecule has 5 N–H and O–H groups in total. The number of rotatable bonds is 10. The van der Waals surface area contributed by atoms with E-state index in [-0.39, 0.29) is 11.9 Å². The molecule has 8 nitrogen and oxygen atoms in total. The van der Waals surface area contributed by atoms with Crippen molar-refractivity contribution in [3.63, 3.8) is 0 Å². The minimum Gasteiger partial charge on any atom is -0.388 e. The number of benzene rings is 1. The standard InChI is InChI=1S/C27H40ClN3O5S/c1-16(28)21(25-23(33)22(32)24(34)27(36-25)37-2)31-26(35)20-12-11-18(13-14-30-20)6-4-3-5-17-7-9-19(15-29)10-8-17/h7-10,16,18,20-25,27,30,32-34H,3-6,11-14H2,1-2H3,(H,31,35)/t16-,18-,20-,21?,22?,23?,24?,25+,27?/m0/s1. The van der Waals surface area contributed by atoms with E-state index in [1.54, 1.807) is 13.2 Å². The maximum absolute atomic E-state index is 13.2. The predicted molar refractivity (Wildman–Crippen MR) is 145 cm³/mol. The van der Waals surface area contributed by atoms with E-state index in [1.807, 2.05) is 24.3 Å². The lowest BCUT2D eigenvalue weighted by molar-refractivity contribution is -0.205. The molecule has 206 valence electrons. The van der Waals surface area contributed by atoms with Gasteiger partial charge in [0.15, 0.2) is 0 Å². The van der Waals surface area contributed by atoms with Gasteiger partial charge in [0.2, 0.25) is 5.91 Å². The highest BCUT2D eigenvalue weighted by molar-refractivity contribution is 7.99.